The normalized spacial score (nSPS) is 12.5. The van der Waals surface area contributed by atoms with Crippen LogP contribution in [0.2, 0.25) is 0 Å². The predicted octanol–water partition coefficient (Wildman–Crippen LogP) is 1.84. The van der Waals surface area contributed by atoms with Crippen LogP contribution < -0.4 is 4.72 Å². The SMILES string of the molecule is CSCCC(C)NS(=O)(=O)c1ccccc1C#CCCO. The van der Waals surface area contributed by atoms with E-state index in [0.29, 0.717) is 12.0 Å². The van der Waals surface area contributed by atoms with E-state index in [-0.39, 0.29) is 17.5 Å². The quantitative estimate of drug-likeness (QED) is 0.750. The number of nitrogens with one attached hydrogen (secondary N) is 1. The molecule has 0 bridgehead atoms. The van der Waals surface area contributed by atoms with Crippen molar-refractivity contribution in [1.82, 2.24) is 4.72 Å². The van der Waals surface area contributed by atoms with Crippen molar-refractivity contribution in [1.29, 1.82) is 0 Å². The average Bonchev–Trinajstić information content (AvgIpc) is 2.45. The summed E-state index contributed by atoms with van der Waals surface area (Å²) in [5.74, 6) is 6.46. The van der Waals surface area contributed by atoms with Crippen molar-refractivity contribution in [2.45, 2.75) is 30.7 Å². The molecule has 0 spiro atoms. The molecule has 0 amide bonds. The summed E-state index contributed by atoms with van der Waals surface area (Å²) in [5.41, 5.74) is 0.454. The van der Waals surface area contributed by atoms with Gasteiger partial charge >= 0.3 is 0 Å². The van der Waals surface area contributed by atoms with Crippen LogP contribution in [0.5, 0.6) is 0 Å². The van der Waals surface area contributed by atoms with Gasteiger partial charge in [0.25, 0.3) is 0 Å². The molecule has 1 atom stereocenters. The summed E-state index contributed by atoms with van der Waals surface area (Å²) in [5, 5.41) is 8.74. The Labute approximate surface area is 131 Å². The second-order valence-corrected chi connectivity index (χ2v) is 7.24. The Kier molecular flexibility index (Phi) is 7.83. The second-order valence-electron chi connectivity index (χ2n) is 4.58. The van der Waals surface area contributed by atoms with Gasteiger partial charge in [-0.2, -0.15) is 11.8 Å². The van der Waals surface area contributed by atoms with Crippen molar-refractivity contribution < 1.29 is 13.5 Å². The summed E-state index contributed by atoms with van der Waals surface area (Å²) < 4.78 is 27.5. The maximum atomic E-state index is 12.4. The largest absolute Gasteiger partial charge is 0.395 e. The minimum atomic E-state index is -3.58. The summed E-state index contributed by atoms with van der Waals surface area (Å²) in [7, 11) is -3.58. The predicted molar refractivity (Wildman–Crippen MR) is 87.8 cm³/mol. The highest BCUT2D eigenvalue weighted by Gasteiger charge is 2.19. The van der Waals surface area contributed by atoms with Gasteiger partial charge in [0, 0.05) is 18.0 Å². The van der Waals surface area contributed by atoms with E-state index >= 15 is 0 Å². The highest BCUT2D eigenvalue weighted by Crippen LogP contribution is 2.15. The molecular weight excluding hydrogens is 306 g/mol. The van der Waals surface area contributed by atoms with E-state index in [1.54, 1.807) is 36.0 Å². The molecule has 21 heavy (non-hydrogen) atoms. The third-order valence-corrected chi connectivity index (χ3v) is 5.04. The van der Waals surface area contributed by atoms with E-state index < -0.39 is 10.0 Å². The number of rotatable bonds is 7. The van der Waals surface area contributed by atoms with Gasteiger partial charge in [0.05, 0.1) is 11.5 Å². The number of hydrogen-bond donors (Lipinski definition) is 2. The maximum Gasteiger partial charge on any atom is 0.242 e. The van der Waals surface area contributed by atoms with Crippen molar-refractivity contribution in [3.8, 4) is 11.8 Å². The monoisotopic (exact) mass is 327 g/mol. The minimum absolute atomic E-state index is 0.0358. The van der Waals surface area contributed by atoms with E-state index in [4.69, 9.17) is 5.11 Å². The third kappa shape index (κ3) is 6.10. The van der Waals surface area contributed by atoms with Crippen molar-refractivity contribution in [2.24, 2.45) is 0 Å². The summed E-state index contributed by atoms with van der Waals surface area (Å²) in [6.07, 6.45) is 3.10. The van der Waals surface area contributed by atoms with E-state index in [9.17, 15) is 8.42 Å². The lowest BCUT2D eigenvalue weighted by atomic mass is 10.2. The number of aliphatic hydroxyl groups is 1. The molecule has 0 aromatic heterocycles. The molecule has 0 aliphatic carbocycles. The summed E-state index contributed by atoms with van der Waals surface area (Å²) in [6.45, 7) is 1.82. The number of benzene rings is 1. The lowest BCUT2D eigenvalue weighted by Crippen LogP contribution is -2.33. The van der Waals surface area contributed by atoms with Gasteiger partial charge in [-0.3, -0.25) is 0 Å². The molecule has 1 aromatic rings. The Bertz CT molecular complexity index is 603. The van der Waals surface area contributed by atoms with Gasteiger partial charge in [-0.25, -0.2) is 13.1 Å². The van der Waals surface area contributed by atoms with E-state index in [1.165, 1.54) is 0 Å². The van der Waals surface area contributed by atoms with Gasteiger partial charge in [0.1, 0.15) is 0 Å². The zero-order chi connectivity index (χ0) is 15.7. The van der Waals surface area contributed by atoms with Crippen LogP contribution in [0.1, 0.15) is 25.3 Å². The van der Waals surface area contributed by atoms with E-state index in [2.05, 4.69) is 16.6 Å². The van der Waals surface area contributed by atoms with Gasteiger partial charge in [0.2, 0.25) is 10.0 Å². The van der Waals surface area contributed by atoms with Gasteiger partial charge in [-0.05, 0) is 37.5 Å². The first-order chi connectivity index (χ1) is 10.0. The van der Waals surface area contributed by atoms with Crippen LogP contribution in [-0.2, 0) is 10.0 Å². The fraction of sp³-hybridized carbons (Fsp3) is 0.467. The molecule has 0 fully saturated rings. The van der Waals surface area contributed by atoms with Gasteiger partial charge < -0.3 is 5.11 Å². The van der Waals surface area contributed by atoms with Gasteiger partial charge in [0.15, 0.2) is 0 Å². The fourth-order valence-electron chi connectivity index (χ4n) is 1.70. The summed E-state index contributed by atoms with van der Waals surface area (Å²) in [4.78, 5) is 0.187. The zero-order valence-corrected chi connectivity index (χ0v) is 13.9. The van der Waals surface area contributed by atoms with Crippen LogP contribution in [0.25, 0.3) is 0 Å². The molecule has 2 N–H and O–H groups in total. The van der Waals surface area contributed by atoms with Crippen molar-refractivity contribution in [2.75, 3.05) is 18.6 Å². The zero-order valence-electron chi connectivity index (χ0n) is 12.3. The third-order valence-electron chi connectivity index (χ3n) is 2.75. The lowest BCUT2D eigenvalue weighted by Gasteiger charge is -2.14. The molecule has 116 valence electrons. The number of hydrogen-bond acceptors (Lipinski definition) is 4. The second kappa shape index (κ2) is 9.11. The summed E-state index contributed by atoms with van der Waals surface area (Å²) >= 11 is 1.69. The Hall–Kier alpha value is -1.00. The van der Waals surface area contributed by atoms with Crippen molar-refractivity contribution in [3.05, 3.63) is 29.8 Å². The van der Waals surface area contributed by atoms with Crippen molar-refractivity contribution >= 4 is 21.8 Å². The van der Waals surface area contributed by atoms with Crippen LogP contribution in [0.4, 0.5) is 0 Å². The van der Waals surface area contributed by atoms with E-state index in [0.717, 1.165) is 12.2 Å². The van der Waals surface area contributed by atoms with Crippen LogP contribution in [0, 0.1) is 11.8 Å². The smallest absolute Gasteiger partial charge is 0.242 e. The molecule has 6 heteroatoms. The fourth-order valence-corrected chi connectivity index (χ4v) is 3.73. The molecule has 1 unspecified atom stereocenters. The van der Waals surface area contributed by atoms with Crippen LogP contribution in [-0.4, -0.2) is 38.2 Å². The maximum absolute atomic E-state index is 12.4. The molecule has 0 saturated carbocycles. The molecule has 1 rings (SSSR count). The molecule has 0 radical (unpaired) electrons. The molecule has 0 heterocycles. The Morgan fingerprint density at radius 2 is 2.10 bits per heavy atom. The minimum Gasteiger partial charge on any atom is -0.395 e. The number of sulfonamides is 1. The molecular formula is C15H21NO3S2. The van der Waals surface area contributed by atoms with Crippen LogP contribution in [0.3, 0.4) is 0 Å². The topological polar surface area (TPSA) is 66.4 Å². The van der Waals surface area contributed by atoms with Crippen molar-refractivity contribution in [3.63, 3.8) is 0 Å². The highest BCUT2D eigenvalue weighted by molar-refractivity contribution is 7.98. The lowest BCUT2D eigenvalue weighted by molar-refractivity contribution is 0.305. The Morgan fingerprint density at radius 1 is 1.38 bits per heavy atom. The Balaban J connectivity index is 2.96. The average molecular weight is 327 g/mol. The van der Waals surface area contributed by atoms with Crippen LogP contribution >= 0.6 is 11.8 Å². The van der Waals surface area contributed by atoms with Crippen LogP contribution in [0.15, 0.2) is 29.2 Å². The van der Waals surface area contributed by atoms with Gasteiger partial charge in [-0.15, -0.1) is 0 Å². The van der Waals surface area contributed by atoms with E-state index in [1.807, 2.05) is 13.2 Å². The molecule has 0 saturated heterocycles. The first kappa shape index (κ1) is 18.1. The number of aliphatic hydroxyl groups excluding tert-OH is 1. The summed E-state index contributed by atoms with van der Waals surface area (Å²) in [6, 6.07) is 6.52. The van der Waals surface area contributed by atoms with Gasteiger partial charge in [-0.1, -0.05) is 24.0 Å². The first-order valence-corrected chi connectivity index (χ1v) is 9.59. The highest BCUT2D eigenvalue weighted by atomic mass is 32.2. The Morgan fingerprint density at radius 3 is 2.76 bits per heavy atom. The molecule has 4 nitrogen and oxygen atoms in total. The number of thioether (sulfide) groups is 1. The molecule has 0 aliphatic heterocycles. The standard InChI is InChI=1S/C15H21NO3S2/c1-13(10-12-20-2)16-21(18,19)15-9-4-3-7-14(15)8-5-6-11-17/h3-4,7,9,13,16-17H,6,10-12H2,1-2H3. The molecule has 1 aromatic carbocycles. The first-order valence-electron chi connectivity index (χ1n) is 6.71. The molecule has 0 aliphatic rings.